The van der Waals surface area contributed by atoms with Gasteiger partial charge in [0.15, 0.2) is 0 Å². The third-order valence-corrected chi connectivity index (χ3v) is 14.8. The SMILES string of the molecule is C[Si](C)(c1ccc2c(c1)C(=O)N(c1ccc(C(=O)O)cc1)C2=O)c1ccc2c(c1)C(=O)N(c1ccc(C(=O)Nc3ccc(Oc4ccc(Oc5ccc(N)cc5)cc4)cc3)cc1)C2=O. The van der Waals surface area contributed by atoms with E-state index in [4.69, 9.17) is 15.2 Å². The molecule has 2 aliphatic heterocycles. The minimum atomic E-state index is -2.64. The predicted octanol–water partition coefficient (Wildman–Crippen LogP) is 8.23. The second kappa shape index (κ2) is 16.0. The average Bonchev–Trinajstić information content (AvgIpc) is 3.71. The van der Waals surface area contributed by atoms with Gasteiger partial charge in [-0.3, -0.25) is 24.0 Å². The summed E-state index contributed by atoms with van der Waals surface area (Å²) in [5.74, 6) is -1.10. The molecule has 5 amide bonds. The van der Waals surface area contributed by atoms with Gasteiger partial charge in [0.05, 0.1) is 39.2 Å². The van der Waals surface area contributed by atoms with Crippen molar-refractivity contribution in [3.63, 3.8) is 0 Å². The maximum atomic E-state index is 13.9. The molecule has 0 saturated carbocycles. The number of carboxylic acid groups (broad SMARTS) is 1. The van der Waals surface area contributed by atoms with E-state index >= 15 is 0 Å². The summed E-state index contributed by atoms with van der Waals surface area (Å²) < 4.78 is 11.8. The molecule has 2 aliphatic rings. The summed E-state index contributed by atoms with van der Waals surface area (Å²) in [6.07, 6.45) is 0. The Bertz CT molecular complexity index is 3060. The quantitative estimate of drug-likeness (QED) is 0.0650. The van der Waals surface area contributed by atoms with Crippen LogP contribution in [0.1, 0.15) is 62.1 Å². The molecule has 0 saturated heterocycles. The van der Waals surface area contributed by atoms with Crippen LogP contribution in [-0.2, 0) is 0 Å². The summed E-state index contributed by atoms with van der Waals surface area (Å²) in [6, 6.07) is 43.1. The van der Waals surface area contributed by atoms with Crippen LogP contribution in [0.15, 0.2) is 158 Å². The van der Waals surface area contributed by atoms with Crippen LogP contribution in [-0.4, -0.2) is 48.7 Å². The van der Waals surface area contributed by atoms with E-state index in [0.717, 1.165) is 20.2 Å². The van der Waals surface area contributed by atoms with Gasteiger partial charge in [0.25, 0.3) is 29.5 Å². The molecule has 14 heteroatoms. The third-order valence-electron chi connectivity index (χ3n) is 11.3. The van der Waals surface area contributed by atoms with Gasteiger partial charge in [-0.25, -0.2) is 14.6 Å². The number of hydrogen-bond donors (Lipinski definition) is 3. The van der Waals surface area contributed by atoms with E-state index < -0.39 is 43.6 Å². The van der Waals surface area contributed by atoms with E-state index in [9.17, 15) is 33.9 Å². The number of carbonyl (C=O) groups excluding carboxylic acids is 5. The van der Waals surface area contributed by atoms with Gasteiger partial charge in [-0.05, 0) is 146 Å². The molecule has 0 bridgehead atoms. The van der Waals surface area contributed by atoms with Crippen molar-refractivity contribution in [3.8, 4) is 23.0 Å². The summed E-state index contributed by atoms with van der Waals surface area (Å²) in [7, 11) is -2.64. The standard InChI is InChI=1S/C50H36N4O9Si/c1-64(2,40-24-26-42-44(28-40)49(59)54(47(42)57)34-13-5-30(6-14-34)50(60)61)39-23-25-41-43(27-39)48(58)53(46(41)56)33-11-3-29(4-12-33)45(55)52-32-9-17-36(18-10-32)63-38-21-19-37(20-22-38)62-35-15-7-31(51)8-16-35/h3-28H,51H2,1-2H3,(H,52,55)(H,60,61). The molecule has 0 fully saturated rings. The zero-order valence-corrected chi connectivity index (χ0v) is 35.2. The van der Waals surface area contributed by atoms with Crippen molar-refractivity contribution in [1.82, 2.24) is 0 Å². The smallest absolute Gasteiger partial charge is 0.335 e. The zero-order valence-electron chi connectivity index (χ0n) is 34.2. The van der Waals surface area contributed by atoms with E-state index in [1.54, 1.807) is 121 Å². The van der Waals surface area contributed by atoms with Gasteiger partial charge in [-0.15, -0.1) is 0 Å². The number of nitrogens with one attached hydrogen (secondary N) is 1. The molecule has 0 radical (unpaired) electrons. The largest absolute Gasteiger partial charge is 0.478 e. The van der Waals surface area contributed by atoms with E-state index in [2.05, 4.69) is 5.32 Å². The van der Waals surface area contributed by atoms with Crippen LogP contribution in [0, 0.1) is 0 Å². The van der Waals surface area contributed by atoms with Crippen molar-refractivity contribution in [2.45, 2.75) is 13.1 Å². The maximum absolute atomic E-state index is 13.9. The highest BCUT2D eigenvalue weighted by atomic mass is 28.3. The molecule has 0 aliphatic carbocycles. The second-order valence-electron chi connectivity index (χ2n) is 15.7. The number of nitrogen functional groups attached to an aromatic ring is 1. The van der Waals surface area contributed by atoms with Gasteiger partial charge in [0.1, 0.15) is 31.1 Å². The summed E-state index contributed by atoms with van der Waals surface area (Å²) in [5, 5.41) is 13.8. The summed E-state index contributed by atoms with van der Waals surface area (Å²) in [6.45, 7) is 4.10. The highest BCUT2D eigenvalue weighted by molar-refractivity contribution is 7.00. The van der Waals surface area contributed by atoms with Gasteiger partial charge in [-0.2, -0.15) is 0 Å². The molecular weight excluding hydrogens is 829 g/mol. The van der Waals surface area contributed by atoms with Crippen LogP contribution in [0.3, 0.4) is 0 Å². The van der Waals surface area contributed by atoms with E-state index in [-0.39, 0.29) is 33.5 Å². The molecule has 0 atom stereocenters. The number of fused-ring (bicyclic) bond motifs is 2. The van der Waals surface area contributed by atoms with Crippen molar-refractivity contribution >= 4 is 76.7 Å². The van der Waals surface area contributed by atoms with Crippen LogP contribution in [0.5, 0.6) is 23.0 Å². The van der Waals surface area contributed by atoms with Gasteiger partial charge in [0, 0.05) is 16.9 Å². The van der Waals surface area contributed by atoms with Crippen molar-refractivity contribution in [1.29, 1.82) is 0 Å². The first-order valence-electron chi connectivity index (χ1n) is 20.0. The van der Waals surface area contributed by atoms with Gasteiger partial charge in [-0.1, -0.05) is 35.6 Å². The second-order valence-corrected chi connectivity index (χ2v) is 20.1. The molecule has 64 heavy (non-hydrogen) atoms. The number of anilines is 4. The highest BCUT2D eigenvalue weighted by Gasteiger charge is 2.41. The van der Waals surface area contributed by atoms with Crippen LogP contribution >= 0.6 is 0 Å². The average molecular weight is 865 g/mol. The minimum Gasteiger partial charge on any atom is -0.478 e. The van der Waals surface area contributed by atoms with Crippen LogP contribution in [0.4, 0.5) is 22.7 Å². The third kappa shape index (κ3) is 7.54. The fraction of sp³-hybridized carbons (Fsp3) is 0.0400. The van der Waals surface area contributed by atoms with Crippen LogP contribution in [0.2, 0.25) is 13.1 Å². The topological polar surface area (TPSA) is 186 Å². The Morgan fingerprint density at radius 2 is 0.875 bits per heavy atom. The van der Waals surface area contributed by atoms with Gasteiger partial charge < -0.3 is 25.6 Å². The molecule has 314 valence electrons. The molecule has 13 nitrogen and oxygen atoms in total. The first-order valence-corrected chi connectivity index (χ1v) is 23.0. The van der Waals surface area contributed by atoms with E-state index in [1.807, 2.05) is 25.2 Å². The number of imide groups is 2. The number of ether oxygens (including phenoxy) is 2. The number of rotatable bonds is 11. The fourth-order valence-corrected chi connectivity index (χ4v) is 9.95. The Morgan fingerprint density at radius 1 is 0.500 bits per heavy atom. The Morgan fingerprint density at radius 3 is 1.30 bits per heavy atom. The zero-order chi connectivity index (χ0) is 44.9. The molecule has 0 spiro atoms. The molecule has 7 aromatic rings. The fourth-order valence-electron chi connectivity index (χ4n) is 7.60. The molecule has 0 aromatic heterocycles. The number of aromatic carboxylic acids is 1. The van der Waals surface area contributed by atoms with Crippen molar-refractivity contribution < 1.29 is 43.3 Å². The number of nitrogens with two attached hydrogens (primary N) is 1. The van der Waals surface area contributed by atoms with Gasteiger partial charge in [0.2, 0.25) is 0 Å². The summed E-state index contributed by atoms with van der Waals surface area (Å²) in [5.41, 5.74) is 8.76. The molecule has 7 aromatic carbocycles. The van der Waals surface area contributed by atoms with E-state index in [0.29, 0.717) is 45.6 Å². The lowest BCUT2D eigenvalue weighted by Crippen LogP contribution is -2.53. The lowest BCUT2D eigenvalue weighted by Gasteiger charge is -2.24. The predicted molar refractivity (Wildman–Crippen MR) is 244 cm³/mol. The first-order chi connectivity index (χ1) is 30.7. The lowest BCUT2D eigenvalue weighted by molar-refractivity contribution is 0.0695. The molecule has 2 heterocycles. The van der Waals surface area contributed by atoms with Gasteiger partial charge >= 0.3 is 5.97 Å². The molecule has 9 rings (SSSR count). The van der Waals surface area contributed by atoms with Crippen molar-refractivity contribution in [2.75, 3.05) is 20.9 Å². The molecule has 4 N–H and O–H groups in total. The number of benzene rings is 7. The summed E-state index contributed by atoms with van der Waals surface area (Å²) in [4.78, 5) is 81.1. The van der Waals surface area contributed by atoms with Crippen molar-refractivity contribution in [3.05, 3.63) is 191 Å². The van der Waals surface area contributed by atoms with Crippen LogP contribution in [0.25, 0.3) is 0 Å². The first kappa shape index (κ1) is 40.8. The summed E-state index contributed by atoms with van der Waals surface area (Å²) >= 11 is 0. The Labute approximate surface area is 366 Å². The van der Waals surface area contributed by atoms with Crippen molar-refractivity contribution in [2.24, 2.45) is 0 Å². The number of hydrogen-bond acceptors (Lipinski definition) is 9. The molecular formula is C50H36N4O9Si. The number of carboxylic acids is 1. The van der Waals surface area contributed by atoms with E-state index in [1.165, 1.54) is 24.3 Å². The normalized spacial score (nSPS) is 13.2. The number of nitrogens with zero attached hydrogens (tertiary/aromatic N) is 2. The minimum absolute atomic E-state index is 0.0279. The highest BCUT2D eigenvalue weighted by Crippen LogP contribution is 2.32. The monoisotopic (exact) mass is 864 g/mol. The maximum Gasteiger partial charge on any atom is 0.335 e. The Kier molecular flexibility index (Phi) is 10.2. The number of amides is 5. The molecule has 0 unspecified atom stereocenters. The Hall–Kier alpha value is -8.62. The van der Waals surface area contributed by atoms with Crippen LogP contribution < -0.4 is 40.7 Å². The Balaban J connectivity index is 0.841. The lowest BCUT2D eigenvalue weighted by atomic mass is 10.1. The number of carbonyl (C=O) groups is 6.